The minimum atomic E-state index is -3.24. The van der Waals surface area contributed by atoms with Crippen LogP contribution in [-0.2, 0) is 14.6 Å². The number of aliphatic carboxylic acids is 1. The van der Waals surface area contributed by atoms with Gasteiger partial charge in [0.05, 0.1) is 4.90 Å². The molecule has 0 amide bonds. The van der Waals surface area contributed by atoms with E-state index in [0.717, 1.165) is 19.1 Å². The zero-order valence-electron chi connectivity index (χ0n) is 9.87. The molecule has 0 bridgehead atoms. The summed E-state index contributed by atoms with van der Waals surface area (Å²) in [5.74, 6) is -0.538. The molecule has 2 rings (SSSR count). The molecule has 1 unspecified atom stereocenters. The van der Waals surface area contributed by atoms with Crippen LogP contribution >= 0.6 is 0 Å². The molecule has 1 aromatic rings. The molecule has 0 saturated heterocycles. The van der Waals surface area contributed by atoms with E-state index in [-0.39, 0.29) is 10.8 Å². The van der Waals surface area contributed by atoms with E-state index in [2.05, 4.69) is 0 Å². The van der Waals surface area contributed by atoms with Crippen LogP contribution in [0.4, 0.5) is 0 Å². The molecule has 1 atom stereocenters. The third-order valence-electron chi connectivity index (χ3n) is 2.81. The molecule has 1 aliphatic carbocycles. The molecule has 6 heteroatoms. The largest absolute Gasteiger partial charge is 0.478 e. The highest BCUT2D eigenvalue weighted by atomic mass is 32.2. The highest BCUT2D eigenvalue weighted by Gasteiger charge is 2.38. The van der Waals surface area contributed by atoms with Crippen molar-refractivity contribution in [1.29, 1.82) is 0 Å². The molecule has 1 aromatic carbocycles. The lowest BCUT2D eigenvalue weighted by Gasteiger charge is -2.14. The monoisotopic (exact) mass is 270 g/mol. The first-order valence-electron chi connectivity index (χ1n) is 5.57. The van der Waals surface area contributed by atoms with Gasteiger partial charge in [-0.1, -0.05) is 0 Å². The molecule has 0 radical (unpaired) electrons. The Labute approximate surface area is 105 Å². The zero-order valence-corrected chi connectivity index (χ0v) is 10.7. The molecule has 1 fully saturated rings. The van der Waals surface area contributed by atoms with Gasteiger partial charge in [-0.2, -0.15) is 0 Å². The lowest BCUT2D eigenvalue weighted by molar-refractivity contribution is -0.146. The summed E-state index contributed by atoms with van der Waals surface area (Å²) in [5, 5.41) is 9.01. The Morgan fingerprint density at radius 2 is 1.89 bits per heavy atom. The average Bonchev–Trinajstić information content (AvgIpc) is 3.08. The number of hydrogen-bond donors (Lipinski definition) is 1. The molecule has 0 aliphatic heterocycles. The van der Waals surface area contributed by atoms with Gasteiger partial charge in [0.25, 0.3) is 0 Å². The Bertz CT molecular complexity index is 542. The van der Waals surface area contributed by atoms with Crippen LogP contribution in [0.15, 0.2) is 29.2 Å². The fraction of sp³-hybridized carbons (Fsp3) is 0.417. The predicted molar refractivity (Wildman–Crippen MR) is 64.3 cm³/mol. The summed E-state index contributed by atoms with van der Waals surface area (Å²) in [6.45, 7) is 0. The highest BCUT2D eigenvalue weighted by Crippen LogP contribution is 2.35. The van der Waals surface area contributed by atoms with E-state index >= 15 is 0 Å². The Morgan fingerprint density at radius 1 is 1.33 bits per heavy atom. The van der Waals surface area contributed by atoms with Gasteiger partial charge < -0.3 is 9.84 Å². The van der Waals surface area contributed by atoms with Gasteiger partial charge in [0.15, 0.2) is 15.9 Å². The van der Waals surface area contributed by atoms with Crippen molar-refractivity contribution in [2.24, 2.45) is 5.92 Å². The van der Waals surface area contributed by atoms with Gasteiger partial charge in [0.1, 0.15) is 5.75 Å². The third kappa shape index (κ3) is 3.01. The van der Waals surface area contributed by atoms with Crippen LogP contribution < -0.4 is 4.74 Å². The van der Waals surface area contributed by atoms with Crippen molar-refractivity contribution in [1.82, 2.24) is 0 Å². The van der Waals surface area contributed by atoms with Crippen molar-refractivity contribution >= 4 is 15.8 Å². The molecule has 1 saturated carbocycles. The number of ether oxygens (including phenoxy) is 1. The second-order valence-corrected chi connectivity index (χ2v) is 6.47. The Balaban J connectivity index is 2.12. The standard InChI is InChI=1S/C12H14O5S/c1-18(15,16)10-6-4-9(5-7-10)17-11(12(13)14)8-2-3-8/h4-8,11H,2-3H2,1H3,(H,13,14). The van der Waals surface area contributed by atoms with Gasteiger partial charge in [-0.3, -0.25) is 0 Å². The van der Waals surface area contributed by atoms with E-state index in [9.17, 15) is 13.2 Å². The van der Waals surface area contributed by atoms with Crippen LogP contribution in [0.25, 0.3) is 0 Å². The van der Waals surface area contributed by atoms with Crippen LogP contribution in [0.1, 0.15) is 12.8 Å². The minimum absolute atomic E-state index is 0.0667. The topological polar surface area (TPSA) is 80.7 Å². The summed E-state index contributed by atoms with van der Waals surface area (Å²) in [4.78, 5) is 11.2. The number of carbonyl (C=O) groups is 1. The average molecular weight is 270 g/mol. The minimum Gasteiger partial charge on any atom is -0.478 e. The third-order valence-corrected chi connectivity index (χ3v) is 3.94. The summed E-state index contributed by atoms with van der Waals surface area (Å²) in [6.07, 6.45) is 2.00. The summed E-state index contributed by atoms with van der Waals surface area (Å²) in [5.41, 5.74) is 0. The predicted octanol–water partition coefficient (Wildman–Crippen LogP) is 1.33. The van der Waals surface area contributed by atoms with Crippen LogP contribution in [0.3, 0.4) is 0 Å². The Hall–Kier alpha value is -1.56. The second-order valence-electron chi connectivity index (χ2n) is 4.46. The van der Waals surface area contributed by atoms with Crippen molar-refractivity contribution < 1.29 is 23.1 Å². The molecule has 1 N–H and O–H groups in total. The van der Waals surface area contributed by atoms with E-state index in [0.29, 0.717) is 5.75 Å². The van der Waals surface area contributed by atoms with Crippen LogP contribution in [0.2, 0.25) is 0 Å². The van der Waals surface area contributed by atoms with Crippen molar-refractivity contribution in [3.63, 3.8) is 0 Å². The van der Waals surface area contributed by atoms with Crippen molar-refractivity contribution in [2.75, 3.05) is 6.26 Å². The number of rotatable bonds is 5. The molecular formula is C12H14O5S. The first kappa shape index (κ1) is 12.9. The van der Waals surface area contributed by atoms with Gasteiger partial charge in [-0.15, -0.1) is 0 Å². The fourth-order valence-electron chi connectivity index (χ4n) is 1.66. The van der Waals surface area contributed by atoms with Gasteiger partial charge in [0.2, 0.25) is 0 Å². The SMILES string of the molecule is CS(=O)(=O)c1ccc(OC(C(=O)O)C2CC2)cc1. The van der Waals surface area contributed by atoms with E-state index in [4.69, 9.17) is 9.84 Å². The maximum absolute atomic E-state index is 11.3. The van der Waals surface area contributed by atoms with Gasteiger partial charge in [0, 0.05) is 12.2 Å². The molecule has 98 valence electrons. The first-order valence-corrected chi connectivity index (χ1v) is 7.46. The molecule has 0 aromatic heterocycles. The quantitative estimate of drug-likeness (QED) is 0.873. The summed E-state index contributed by atoms with van der Waals surface area (Å²) in [6, 6.07) is 5.79. The Kier molecular flexibility index (Phi) is 3.30. The number of hydrogen-bond acceptors (Lipinski definition) is 4. The molecule has 0 heterocycles. The lowest BCUT2D eigenvalue weighted by atomic mass is 10.2. The van der Waals surface area contributed by atoms with E-state index in [1.54, 1.807) is 0 Å². The van der Waals surface area contributed by atoms with Gasteiger partial charge in [-0.05, 0) is 37.1 Å². The van der Waals surface area contributed by atoms with Crippen molar-refractivity contribution in [3.8, 4) is 5.75 Å². The number of sulfone groups is 1. The molecule has 0 spiro atoms. The van der Waals surface area contributed by atoms with Crippen molar-refractivity contribution in [2.45, 2.75) is 23.8 Å². The summed E-state index contributed by atoms with van der Waals surface area (Å²) >= 11 is 0. The molecule has 5 nitrogen and oxygen atoms in total. The fourth-order valence-corrected chi connectivity index (χ4v) is 2.29. The zero-order chi connectivity index (χ0) is 13.3. The van der Waals surface area contributed by atoms with Crippen LogP contribution in [-0.4, -0.2) is 31.9 Å². The van der Waals surface area contributed by atoms with Gasteiger partial charge >= 0.3 is 5.97 Å². The maximum Gasteiger partial charge on any atom is 0.345 e. The van der Waals surface area contributed by atoms with Crippen molar-refractivity contribution in [3.05, 3.63) is 24.3 Å². The normalized spacial score (nSPS) is 17.2. The number of benzene rings is 1. The van der Waals surface area contributed by atoms with E-state index in [1.807, 2.05) is 0 Å². The van der Waals surface area contributed by atoms with Gasteiger partial charge in [-0.25, -0.2) is 13.2 Å². The van der Waals surface area contributed by atoms with E-state index in [1.165, 1.54) is 24.3 Å². The smallest absolute Gasteiger partial charge is 0.345 e. The lowest BCUT2D eigenvalue weighted by Crippen LogP contribution is -2.29. The maximum atomic E-state index is 11.3. The summed E-state index contributed by atoms with van der Waals surface area (Å²) < 4.78 is 27.9. The second kappa shape index (κ2) is 4.61. The first-order chi connectivity index (χ1) is 8.38. The van der Waals surface area contributed by atoms with E-state index < -0.39 is 21.9 Å². The van der Waals surface area contributed by atoms with Crippen LogP contribution in [0.5, 0.6) is 5.75 Å². The number of carboxylic acids is 1. The Morgan fingerprint density at radius 3 is 2.28 bits per heavy atom. The summed E-state index contributed by atoms with van der Waals surface area (Å²) in [7, 11) is -3.24. The molecule has 18 heavy (non-hydrogen) atoms. The highest BCUT2D eigenvalue weighted by molar-refractivity contribution is 7.90. The molecular weight excluding hydrogens is 256 g/mol. The molecule has 1 aliphatic rings. The number of carboxylic acid groups (broad SMARTS) is 1. The van der Waals surface area contributed by atoms with Crippen LogP contribution in [0, 0.1) is 5.92 Å².